The van der Waals surface area contributed by atoms with Crippen LogP contribution in [0.25, 0.3) is 0 Å². The smallest absolute Gasteiger partial charge is 0.379 e. The SMILES string of the molecule is CC(COOC(=O)COc1ccccc1)CC(C)(C)C. The highest BCUT2D eigenvalue weighted by atomic mass is 17.2. The maximum absolute atomic E-state index is 11.4. The topological polar surface area (TPSA) is 44.8 Å². The van der Waals surface area contributed by atoms with Gasteiger partial charge in [0.1, 0.15) is 5.75 Å². The number of hydrogen-bond acceptors (Lipinski definition) is 4. The van der Waals surface area contributed by atoms with Gasteiger partial charge in [-0.15, -0.1) is 0 Å². The summed E-state index contributed by atoms with van der Waals surface area (Å²) in [6, 6.07) is 9.11. The van der Waals surface area contributed by atoms with Gasteiger partial charge in [0.2, 0.25) is 0 Å². The lowest BCUT2D eigenvalue weighted by atomic mass is 9.86. The molecule has 1 rings (SSSR count). The first-order valence-electron chi connectivity index (χ1n) is 6.87. The zero-order chi connectivity index (χ0) is 15.0. The summed E-state index contributed by atoms with van der Waals surface area (Å²) in [6.45, 7) is 8.82. The zero-order valence-corrected chi connectivity index (χ0v) is 12.7. The molecule has 0 N–H and O–H groups in total. The van der Waals surface area contributed by atoms with Crippen molar-refractivity contribution in [2.75, 3.05) is 13.2 Å². The Balaban J connectivity index is 2.14. The fraction of sp³-hybridized carbons (Fsp3) is 0.562. The molecule has 0 aliphatic rings. The normalized spacial score (nSPS) is 12.8. The van der Waals surface area contributed by atoms with Crippen LogP contribution in [0.1, 0.15) is 34.1 Å². The molecule has 1 aromatic carbocycles. The first kappa shape index (κ1) is 16.5. The van der Waals surface area contributed by atoms with Crippen molar-refractivity contribution >= 4 is 5.97 Å². The minimum absolute atomic E-state index is 0.155. The van der Waals surface area contributed by atoms with Crippen molar-refractivity contribution in [3.63, 3.8) is 0 Å². The van der Waals surface area contributed by atoms with Crippen LogP contribution in [0.2, 0.25) is 0 Å². The second kappa shape index (κ2) is 7.90. The van der Waals surface area contributed by atoms with E-state index in [0.29, 0.717) is 18.3 Å². The number of rotatable bonds is 7. The second-order valence-electron chi connectivity index (χ2n) is 6.21. The quantitative estimate of drug-likeness (QED) is 0.565. The van der Waals surface area contributed by atoms with Crippen molar-refractivity contribution in [3.05, 3.63) is 30.3 Å². The number of hydrogen-bond donors (Lipinski definition) is 0. The maximum atomic E-state index is 11.4. The van der Waals surface area contributed by atoms with Gasteiger partial charge in [-0.2, -0.15) is 4.89 Å². The lowest BCUT2D eigenvalue weighted by Crippen LogP contribution is -2.19. The number of carbonyl (C=O) groups is 1. The molecule has 4 nitrogen and oxygen atoms in total. The summed E-state index contributed by atoms with van der Waals surface area (Å²) >= 11 is 0. The fourth-order valence-electron chi connectivity index (χ4n) is 2.00. The standard InChI is InChI=1S/C16H24O4/c1-13(10-16(2,3)4)11-19-20-15(17)12-18-14-8-6-5-7-9-14/h5-9,13H,10-12H2,1-4H3. The molecule has 1 unspecified atom stereocenters. The fourth-order valence-corrected chi connectivity index (χ4v) is 2.00. The Morgan fingerprint density at radius 2 is 1.85 bits per heavy atom. The third-order valence-electron chi connectivity index (χ3n) is 2.57. The van der Waals surface area contributed by atoms with Gasteiger partial charge in [-0.05, 0) is 29.9 Å². The van der Waals surface area contributed by atoms with E-state index in [1.54, 1.807) is 12.1 Å². The molecule has 0 fully saturated rings. The highest BCUT2D eigenvalue weighted by Crippen LogP contribution is 2.24. The summed E-state index contributed by atoms with van der Waals surface area (Å²) in [5, 5.41) is 0. The van der Waals surface area contributed by atoms with E-state index in [2.05, 4.69) is 32.6 Å². The zero-order valence-electron chi connectivity index (χ0n) is 12.7. The highest BCUT2D eigenvalue weighted by Gasteiger charge is 2.16. The van der Waals surface area contributed by atoms with Crippen LogP contribution in [0.5, 0.6) is 5.75 Å². The molecule has 1 aromatic rings. The average Bonchev–Trinajstić information content (AvgIpc) is 2.35. The van der Waals surface area contributed by atoms with Crippen LogP contribution in [-0.4, -0.2) is 19.2 Å². The third-order valence-corrected chi connectivity index (χ3v) is 2.57. The highest BCUT2D eigenvalue weighted by molar-refractivity contribution is 5.70. The largest absolute Gasteiger partial charge is 0.482 e. The molecular weight excluding hydrogens is 256 g/mol. The van der Waals surface area contributed by atoms with Crippen molar-refractivity contribution in [1.82, 2.24) is 0 Å². The summed E-state index contributed by atoms with van der Waals surface area (Å²) in [4.78, 5) is 21.1. The first-order chi connectivity index (χ1) is 9.37. The van der Waals surface area contributed by atoms with Crippen LogP contribution in [0, 0.1) is 11.3 Å². The molecule has 0 aromatic heterocycles. The van der Waals surface area contributed by atoms with Gasteiger partial charge in [-0.1, -0.05) is 45.9 Å². The minimum Gasteiger partial charge on any atom is -0.482 e. The van der Waals surface area contributed by atoms with Gasteiger partial charge in [0.15, 0.2) is 6.61 Å². The Hall–Kier alpha value is -1.55. The number of carbonyl (C=O) groups excluding carboxylic acids is 1. The lowest BCUT2D eigenvalue weighted by molar-refractivity contribution is -0.279. The van der Waals surface area contributed by atoms with Gasteiger partial charge in [0, 0.05) is 0 Å². The van der Waals surface area contributed by atoms with Crippen molar-refractivity contribution in [2.45, 2.75) is 34.1 Å². The average molecular weight is 280 g/mol. The van der Waals surface area contributed by atoms with Crippen molar-refractivity contribution in [1.29, 1.82) is 0 Å². The Morgan fingerprint density at radius 3 is 2.45 bits per heavy atom. The molecule has 0 spiro atoms. The van der Waals surface area contributed by atoms with E-state index < -0.39 is 5.97 Å². The monoisotopic (exact) mass is 280 g/mol. The minimum atomic E-state index is -0.531. The summed E-state index contributed by atoms with van der Waals surface area (Å²) in [5.41, 5.74) is 0.239. The molecule has 0 saturated carbocycles. The number of para-hydroxylation sites is 1. The van der Waals surface area contributed by atoms with E-state index in [0.717, 1.165) is 6.42 Å². The van der Waals surface area contributed by atoms with Crippen LogP contribution < -0.4 is 4.74 Å². The molecule has 0 amide bonds. The summed E-state index contributed by atoms with van der Waals surface area (Å²) in [7, 11) is 0. The van der Waals surface area contributed by atoms with Crippen molar-refractivity contribution in [3.8, 4) is 5.75 Å². The Kier molecular flexibility index (Phi) is 6.52. The molecule has 4 heteroatoms. The van der Waals surface area contributed by atoms with Gasteiger partial charge < -0.3 is 4.74 Å². The molecule has 0 aliphatic carbocycles. The predicted octanol–water partition coefficient (Wildman–Crippen LogP) is 3.61. The molecule has 112 valence electrons. The molecule has 0 heterocycles. The van der Waals surface area contributed by atoms with E-state index >= 15 is 0 Å². The molecule has 0 bridgehead atoms. The van der Waals surface area contributed by atoms with E-state index in [1.807, 2.05) is 18.2 Å². The second-order valence-corrected chi connectivity index (χ2v) is 6.21. The van der Waals surface area contributed by atoms with Crippen LogP contribution in [0.3, 0.4) is 0 Å². The lowest BCUT2D eigenvalue weighted by Gasteiger charge is -2.22. The number of benzene rings is 1. The Morgan fingerprint density at radius 1 is 1.20 bits per heavy atom. The van der Waals surface area contributed by atoms with Gasteiger partial charge in [0.05, 0.1) is 6.61 Å². The van der Waals surface area contributed by atoms with Crippen LogP contribution in [-0.2, 0) is 14.6 Å². The molecule has 0 saturated heterocycles. The Bertz CT molecular complexity index is 395. The van der Waals surface area contributed by atoms with E-state index in [4.69, 9.17) is 9.62 Å². The molecule has 0 radical (unpaired) electrons. The Labute approximate surface area is 121 Å². The predicted molar refractivity (Wildman–Crippen MR) is 77.2 cm³/mol. The molecular formula is C16H24O4. The van der Waals surface area contributed by atoms with E-state index in [-0.39, 0.29) is 12.0 Å². The van der Waals surface area contributed by atoms with Crippen LogP contribution >= 0.6 is 0 Å². The molecule has 1 atom stereocenters. The van der Waals surface area contributed by atoms with Gasteiger partial charge in [-0.25, -0.2) is 4.79 Å². The van der Waals surface area contributed by atoms with Crippen LogP contribution in [0.15, 0.2) is 30.3 Å². The first-order valence-corrected chi connectivity index (χ1v) is 6.87. The van der Waals surface area contributed by atoms with Gasteiger partial charge in [-0.3, -0.25) is 4.89 Å². The van der Waals surface area contributed by atoms with Gasteiger partial charge >= 0.3 is 5.97 Å². The molecule has 20 heavy (non-hydrogen) atoms. The summed E-state index contributed by atoms with van der Waals surface area (Å²) < 4.78 is 5.25. The van der Waals surface area contributed by atoms with E-state index in [1.165, 1.54) is 0 Å². The van der Waals surface area contributed by atoms with Crippen molar-refractivity contribution < 1.29 is 19.3 Å². The maximum Gasteiger partial charge on any atom is 0.379 e. The van der Waals surface area contributed by atoms with Crippen molar-refractivity contribution in [2.24, 2.45) is 11.3 Å². The third kappa shape index (κ3) is 7.79. The van der Waals surface area contributed by atoms with E-state index in [9.17, 15) is 4.79 Å². The summed E-state index contributed by atoms with van der Waals surface area (Å²) in [6.07, 6.45) is 1.01. The summed E-state index contributed by atoms with van der Waals surface area (Å²) in [5.74, 6) is 0.431. The number of ether oxygens (including phenoxy) is 1. The van der Waals surface area contributed by atoms with Crippen LogP contribution in [0.4, 0.5) is 0 Å². The molecule has 0 aliphatic heterocycles. The van der Waals surface area contributed by atoms with Gasteiger partial charge in [0.25, 0.3) is 0 Å².